The molecule has 0 unspecified atom stereocenters. The van der Waals surface area contributed by atoms with Gasteiger partial charge in [-0.25, -0.2) is 9.36 Å². The Kier molecular flexibility index (Phi) is 5.14. The zero-order chi connectivity index (χ0) is 21.3. The number of benzene rings is 2. The Balaban J connectivity index is 2.02. The highest BCUT2D eigenvalue weighted by Gasteiger charge is 2.18. The number of amides is 1. The van der Waals surface area contributed by atoms with Gasteiger partial charge in [0.25, 0.3) is 17.2 Å². The van der Waals surface area contributed by atoms with Crippen molar-refractivity contribution in [1.82, 2.24) is 9.55 Å². The molecule has 3 rings (SSSR count). The molecule has 0 saturated carbocycles. The van der Waals surface area contributed by atoms with Crippen LogP contribution in [0.5, 0.6) is 0 Å². The number of rotatable bonds is 4. The van der Waals surface area contributed by atoms with Crippen molar-refractivity contribution in [2.75, 3.05) is 5.32 Å². The molecule has 0 radical (unpaired) electrons. The van der Waals surface area contributed by atoms with E-state index in [1.807, 2.05) is 13.8 Å². The third-order valence-corrected chi connectivity index (χ3v) is 4.63. The van der Waals surface area contributed by atoms with E-state index in [1.54, 1.807) is 25.1 Å². The third-order valence-electron chi connectivity index (χ3n) is 4.63. The van der Waals surface area contributed by atoms with E-state index in [4.69, 9.17) is 0 Å². The van der Waals surface area contributed by atoms with E-state index in [0.29, 0.717) is 11.3 Å². The number of H-pyrrole nitrogens is 1. The minimum absolute atomic E-state index is 0.156. The van der Waals surface area contributed by atoms with E-state index >= 15 is 0 Å². The molecule has 0 aliphatic rings. The van der Waals surface area contributed by atoms with Crippen LogP contribution in [-0.4, -0.2) is 20.4 Å². The Morgan fingerprint density at radius 1 is 1.03 bits per heavy atom. The van der Waals surface area contributed by atoms with Gasteiger partial charge in [-0.3, -0.25) is 19.7 Å². The summed E-state index contributed by atoms with van der Waals surface area (Å²) >= 11 is 0. The Hall–Kier alpha value is -4.01. The number of aromatic nitrogens is 2. The van der Waals surface area contributed by atoms with Crippen molar-refractivity contribution in [3.8, 4) is 5.69 Å². The lowest BCUT2D eigenvalue weighted by Gasteiger charge is -2.10. The van der Waals surface area contributed by atoms with Gasteiger partial charge in [-0.15, -0.1) is 0 Å². The van der Waals surface area contributed by atoms with E-state index in [9.17, 15) is 24.5 Å². The average molecular weight is 394 g/mol. The van der Waals surface area contributed by atoms with Crippen molar-refractivity contribution in [3.05, 3.63) is 95.8 Å². The number of aromatic amines is 1. The molecule has 2 aromatic carbocycles. The van der Waals surface area contributed by atoms with Crippen molar-refractivity contribution in [3.63, 3.8) is 0 Å². The van der Waals surface area contributed by atoms with E-state index in [-0.39, 0.29) is 16.9 Å². The predicted molar refractivity (Wildman–Crippen MR) is 108 cm³/mol. The maximum Gasteiger partial charge on any atom is 0.333 e. The van der Waals surface area contributed by atoms with Gasteiger partial charge in [0.15, 0.2) is 0 Å². The van der Waals surface area contributed by atoms with Crippen LogP contribution in [0.4, 0.5) is 11.4 Å². The molecule has 0 atom stereocenters. The van der Waals surface area contributed by atoms with Crippen molar-refractivity contribution in [2.24, 2.45) is 0 Å². The highest BCUT2D eigenvalue weighted by molar-refractivity contribution is 6.04. The van der Waals surface area contributed by atoms with Crippen LogP contribution in [0, 0.1) is 30.9 Å². The van der Waals surface area contributed by atoms with Crippen LogP contribution in [0.3, 0.4) is 0 Å². The molecule has 9 nitrogen and oxygen atoms in total. The number of hydrogen-bond donors (Lipinski definition) is 2. The number of carbonyl (C=O) groups is 1. The molecule has 0 fully saturated rings. The van der Waals surface area contributed by atoms with E-state index < -0.39 is 22.1 Å². The summed E-state index contributed by atoms with van der Waals surface area (Å²) in [5, 5.41) is 13.5. The molecule has 1 heterocycles. The second-order valence-corrected chi connectivity index (χ2v) is 6.63. The fraction of sp³-hybridized carbons (Fsp3) is 0.150. The summed E-state index contributed by atoms with van der Waals surface area (Å²) in [6.45, 7) is 5.32. The normalized spacial score (nSPS) is 10.6. The van der Waals surface area contributed by atoms with Gasteiger partial charge in [-0.05, 0) is 50.1 Å². The van der Waals surface area contributed by atoms with E-state index in [0.717, 1.165) is 21.9 Å². The molecule has 0 bridgehead atoms. The minimum atomic E-state index is -0.795. The number of nitro benzene ring substituents is 1. The van der Waals surface area contributed by atoms with Gasteiger partial charge in [-0.2, -0.15) is 0 Å². The lowest BCUT2D eigenvalue weighted by atomic mass is 10.1. The second kappa shape index (κ2) is 7.55. The van der Waals surface area contributed by atoms with Gasteiger partial charge in [0.05, 0.1) is 10.6 Å². The van der Waals surface area contributed by atoms with E-state index in [1.165, 1.54) is 18.2 Å². The first-order chi connectivity index (χ1) is 13.7. The predicted octanol–water partition coefficient (Wildman–Crippen LogP) is 2.61. The third kappa shape index (κ3) is 3.84. The molecule has 1 amide bonds. The number of carbonyl (C=O) groups excluding carboxylic acids is 1. The standard InChI is InChI=1S/C20H18N4O5/c1-11-5-7-15(8-13(11)3)23-19(26)16(10-21-20(23)27)18(25)22-14-6-4-12(2)17(9-14)24(28)29/h4-10H,1-3H3,(H,21,27)(H,22,25). The molecule has 148 valence electrons. The maximum absolute atomic E-state index is 12.8. The highest BCUT2D eigenvalue weighted by Crippen LogP contribution is 2.22. The van der Waals surface area contributed by atoms with Gasteiger partial charge in [0.1, 0.15) is 5.56 Å². The maximum atomic E-state index is 12.8. The summed E-state index contributed by atoms with van der Waals surface area (Å²) < 4.78 is 0.874. The van der Waals surface area contributed by atoms with Crippen molar-refractivity contribution < 1.29 is 9.72 Å². The Bertz CT molecular complexity index is 1260. The summed E-state index contributed by atoms with van der Waals surface area (Å²) in [4.78, 5) is 50.6. The SMILES string of the molecule is Cc1ccc(-n2c(=O)[nH]cc(C(=O)Nc3ccc(C)c([N+](=O)[O-])c3)c2=O)cc1C. The molecular formula is C20H18N4O5. The number of aryl methyl sites for hydroxylation is 3. The fourth-order valence-electron chi connectivity index (χ4n) is 2.82. The monoisotopic (exact) mass is 394 g/mol. The first kappa shape index (κ1) is 19.7. The van der Waals surface area contributed by atoms with Crippen molar-refractivity contribution >= 4 is 17.3 Å². The Morgan fingerprint density at radius 2 is 1.72 bits per heavy atom. The molecule has 2 N–H and O–H groups in total. The zero-order valence-electron chi connectivity index (χ0n) is 16.0. The topological polar surface area (TPSA) is 127 Å². The summed E-state index contributed by atoms with van der Waals surface area (Å²) in [5.74, 6) is -0.790. The average Bonchev–Trinajstić information content (AvgIpc) is 2.66. The van der Waals surface area contributed by atoms with Crippen molar-refractivity contribution in [1.29, 1.82) is 0 Å². The summed E-state index contributed by atoms with van der Waals surface area (Å²) in [6.07, 6.45) is 1.03. The molecule has 9 heteroatoms. The van der Waals surface area contributed by atoms with Crippen LogP contribution in [0.2, 0.25) is 0 Å². The first-order valence-electron chi connectivity index (χ1n) is 8.68. The summed E-state index contributed by atoms with van der Waals surface area (Å²) in [6, 6.07) is 9.26. The second-order valence-electron chi connectivity index (χ2n) is 6.63. The summed E-state index contributed by atoms with van der Waals surface area (Å²) in [5.41, 5.74) is 0.883. The molecule has 29 heavy (non-hydrogen) atoms. The first-order valence-corrected chi connectivity index (χ1v) is 8.68. The lowest BCUT2D eigenvalue weighted by Crippen LogP contribution is -2.38. The molecule has 0 aliphatic heterocycles. The van der Waals surface area contributed by atoms with Crippen LogP contribution in [0.25, 0.3) is 5.69 Å². The summed E-state index contributed by atoms with van der Waals surface area (Å²) in [7, 11) is 0. The number of hydrogen-bond acceptors (Lipinski definition) is 5. The van der Waals surface area contributed by atoms with Crippen LogP contribution >= 0.6 is 0 Å². The van der Waals surface area contributed by atoms with Gasteiger partial charge in [0.2, 0.25) is 0 Å². The van der Waals surface area contributed by atoms with Crippen LogP contribution in [-0.2, 0) is 0 Å². The number of nitrogens with one attached hydrogen (secondary N) is 2. The molecule has 0 spiro atoms. The van der Waals surface area contributed by atoms with Gasteiger partial charge in [0, 0.05) is 23.5 Å². The number of anilines is 1. The van der Waals surface area contributed by atoms with Crippen molar-refractivity contribution in [2.45, 2.75) is 20.8 Å². The molecule has 0 saturated heterocycles. The molecule has 0 aliphatic carbocycles. The Labute approximate surface area is 164 Å². The molecular weight excluding hydrogens is 376 g/mol. The zero-order valence-corrected chi connectivity index (χ0v) is 16.0. The minimum Gasteiger partial charge on any atom is -0.322 e. The van der Waals surface area contributed by atoms with E-state index in [2.05, 4.69) is 10.3 Å². The Morgan fingerprint density at radius 3 is 2.38 bits per heavy atom. The van der Waals surface area contributed by atoms with Gasteiger partial charge >= 0.3 is 5.69 Å². The van der Waals surface area contributed by atoms with Crippen LogP contribution in [0.15, 0.2) is 52.2 Å². The van der Waals surface area contributed by atoms with Crippen LogP contribution in [0.1, 0.15) is 27.0 Å². The largest absolute Gasteiger partial charge is 0.333 e. The van der Waals surface area contributed by atoms with Gasteiger partial charge < -0.3 is 10.3 Å². The smallest absolute Gasteiger partial charge is 0.322 e. The lowest BCUT2D eigenvalue weighted by molar-refractivity contribution is -0.385. The molecule has 3 aromatic rings. The van der Waals surface area contributed by atoms with Crippen LogP contribution < -0.4 is 16.6 Å². The number of nitro groups is 1. The molecule has 1 aromatic heterocycles. The van der Waals surface area contributed by atoms with Gasteiger partial charge in [-0.1, -0.05) is 12.1 Å². The fourth-order valence-corrected chi connectivity index (χ4v) is 2.82. The quantitative estimate of drug-likeness (QED) is 0.519. The highest BCUT2D eigenvalue weighted by atomic mass is 16.6. The number of nitrogens with zero attached hydrogens (tertiary/aromatic N) is 2.